The van der Waals surface area contributed by atoms with Gasteiger partial charge in [0.15, 0.2) is 0 Å². The number of thiazole rings is 1. The predicted octanol–water partition coefficient (Wildman–Crippen LogP) is 4.68. The monoisotopic (exact) mass is 382 g/mol. The highest BCUT2D eigenvalue weighted by molar-refractivity contribution is 7.11. The Kier molecular flexibility index (Phi) is 5.30. The van der Waals surface area contributed by atoms with Crippen molar-refractivity contribution in [2.75, 3.05) is 6.54 Å². The van der Waals surface area contributed by atoms with Gasteiger partial charge < -0.3 is 9.73 Å². The fourth-order valence-electron chi connectivity index (χ4n) is 3.74. The molecule has 4 nitrogen and oxygen atoms in total. The van der Waals surface area contributed by atoms with E-state index in [1.54, 1.807) is 6.26 Å². The van der Waals surface area contributed by atoms with E-state index in [4.69, 9.17) is 9.40 Å². The number of fused-ring (bicyclic) bond motifs is 2. The van der Waals surface area contributed by atoms with Crippen LogP contribution in [0.5, 0.6) is 0 Å². The molecule has 3 aromatic rings. The fourth-order valence-corrected chi connectivity index (χ4v) is 4.94. The number of amides is 1. The van der Waals surface area contributed by atoms with Crippen LogP contribution in [-0.4, -0.2) is 17.4 Å². The van der Waals surface area contributed by atoms with Crippen LogP contribution in [-0.2, 0) is 30.5 Å². The average molecular weight is 383 g/mol. The fraction of sp³-hybridized carbons (Fsp3) is 0.455. The normalized spacial score (nSPS) is 13.7. The lowest BCUT2D eigenvalue weighted by molar-refractivity contribution is -0.120. The summed E-state index contributed by atoms with van der Waals surface area (Å²) in [6.45, 7) is 4.82. The molecule has 0 saturated carbocycles. The van der Waals surface area contributed by atoms with Crippen molar-refractivity contribution in [3.63, 3.8) is 0 Å². The van der Waals surface area contributed by atoms with Crippen LogP contribution in [0.4, 0.5) is 0 Å². The van der Waals surface area contributed by atoms with E-state index in [1.165, 1.54) is 40.4 Å². The van der Waals surface area contributed by atoms with Gasteiger partial charge in [0.25, 0.3) is 0 Å². The van der Waals surface area contributed by atoms with E-state index < -0.39 is 0 Å². The number of nitrogens with one attached hydrogen (secondary N) is 1. The van der Waals surface area contributed by atoms with Crippen LogP contribution in [0.3, 0.4) is 0 Å². The molecule has 0 radical (unpaired) electrons. The summed E-state index contributed by atoms with van der Waals surface area (Å²) in [6, 6.07) is 4.14. The zero-order chi connectivity index (χ0) is 18.8. The number of nitrogens with zero attached hydrogens (tertiary/aromatic N) is 1. The van der Waals surface area contributed by atoms with Crippen LogP contribution < -0.4 is 5.32 Å². The molecule has 5 heteroatoms. The Balaban J connectivity index is 1.28. The van der Waals surface area contributed by atoms with Gasteiger partial charge in [-0.2, -0.15) is 0 Å². The Morgan fingerprint density at radius 3 is 2.96 bits per heavy atom. The standard InChI is InChI=1S/C22H26N2O2S/c1-14-9-10-17-16(13-26-22(17)15(14)2)12-20(25)23-11-5-8-21-24-18-6-3-4-7-19(18)27-21/h9-10,13H,3-8,11-12H2,1-2H3,(H,23,25). The summed E-state index contributed by atoms with van der Waals surface area (Å²) in [5.41, 5.74) is 5.52. The maximum Gasteiger partial charge on any atom is 0.224 e. The molecule has 0 unspecified atom stereocenters. The number of hydrogen-bond acceptors (Lipinski definition) is 4. The second-order valence-corrected chi connectivity index (χ2v) is 8.63. The minimum atomic E-state index is 0.0503. The van der Waals surface area contributed by atoms with Gasteiger partial charge in [0.1, 0.15) is 5.58 Å². The molecule has 2 aromatic heterocycles. The summed E-state index contributed by atoms with van der Waals surface area (Å²) >= 11 is 1.87. The molecule has 2 heterocycles. The second kappa shape index (κ2) is 7.85. The average Bonchev–Trinajstić information content (AvgIpc) is 3.26. The SMILES string of the molecule is Cc1ccc2c(CC(=O)NCCCc3nc4c(s3)CCCC4)coc2c1C. The summed E-state index contributed by atoms with van der Waals surface area (Å²) in [5, 5.41) is 5.31. The molecule has 0 fully saturated rings. The molecular formula is C22H26N2O2S. The van der Waals surface area contributed by atoms with Crippen molar-refractivity contribution in [3.05, 3.63) is 50.7 Å². The molecule has 1 N–H and O–H groups in total. The quantitative estimate of drug-likeness (QED) is 0.630. The molecule has 0 saturated heterocycles. The van der Waals surface area contributed by atoms with Crippen LogP contribution >= 0.6 is 11.3 Å². The minimum Gasteiger partial charge on any atom is -0.464 e. The van der Waals surface area contributed by atoms with Crippen molar-refractivity contribution < 1.29 is 9.21 Å². The summed E-state index contributed by atoms with van der Waals surface area (Å²) in [7, 11) is 0. The predicted molar refractivity (Wildman–Crippen MR) is 109 cm³/mol. The lowest BCUT2D eigenvalue weighted by Crippen LogP contribution is -2.26. The van der Waals surface area contributed by atoms with Crippen molar-refractivity contribution in [2.45, 2.75) is 58.8 Å². The highest BCUT2D eigenvalue weighted by Crippen LogP contribution is 2.28. The number of aryl methyl sites for hydroxylation is 5. The lowest BCUT2D eigenvalue weighted by Gasteiger charge is -2.06. The first-order valence-electron chi connectivity index (χ1n) is 9.82. The van der Waals surface area contributed by atoms with Crippen molar-refractivity contribution in [1.82, 2.24) is 10.3 Å². The molecule has 1 aliphatic carbocycles. The summed E-state index contributed by atoms with van der Waals surface area (Å²) < 4.78 is 5.70. The third-order valence-corrected chi connectivity index (χ3v) is 6.69. The number of rotatable bonds is 6. The molecule has 4 rings (SSSR count). The van der Waals surface area contributed by atoms with Gasteiger partial charge in [-0.05, 0) is 57.1 Å². The van der Waals surface area contributed by atoms with Crippen molar-refractivity contribution in [3.8, 4) is 0 Å². The van der Waals surface area contributed by atoms with E-state index >= 15 is 0 Å². The Labute approximate surface area is 164 Å². The highest BCUT2D eigenvalue weighted by Gasteiger charge is 2.15. The Bertz CT molecular complexity index is 947. The molecule has 0 spiro atoms. The van der Waals surface area contributed by atoms with E-state index in [1.807, 2.05) is 17.4 Å². The third kappa shape index (κ3) is 3.93. The van der Waals surface area contributed by atoms with Crippen LogP contribution in [0.1, 0.15) is 51.5 Å². The molecule has 0 atom stereocenters. The number of carbonyl (C=O) groups is 1. The first-order chi connectivity index (χ1) is 13.1. The maximum atomic E-state index is 12.3. The number of aromatic nitrogens is 1. The first-order valence-corrected chi connectivity index (χ1v) is 10.6. The Hall–Kier alpha value is -2.14. The van der Waals surface area contributed by atoms with E-state index in [9.17, 15) is 4.79 Å². The van der Waals surface area contributed by atoms with Crippen LogP contribution in [0, 0.1) is 13.8 Å². The number of furan rings is 1. The second-order valence-electron chi connectivity index (χ2n) is 7.46. The van der Waals surface area contributed by atoms with Gasteiger partial charge in [-0.3, -0.25) is 4.79 Å². The molecule has 0 aliphatic heterocycles. The molecule has 142 valence electrons. The molecule has 1 aliphatic rings. The summed E-state index contributed by atoms with van der Waals surface area (Å²) in [5.74, 6) is 0.0503. The van der Waals surface area contributed by atoms with Crippen molar-refractivity contribution >= 4 is 28.2 Å². The van der Waals surface area contributed by atoms with Gasteiger partial charge in [0.2, 0.25) is 5.91 Å². The van der Waals surface area contributed by atoms with Gasteiger partial charge in [0.05, 0.1) is 23.4 Å². The number of hydrogen-bond donors (Lipinski definition) is 1. The molecule has 1 aromatic carbocycles. The summed E-state index contributed by atoms with van der Waals surface area (Å²) in [4.78, 5) is 18.6. The smallest absolute Gasteiger partial charge is 0.224 e. The Morgan fingerprint density at radius 2 is 2.11 bits per heavy atom. The van der Waals surface area contributed by atoms with Crippen LogP contribution in [0.15, 0.2) is 22.8 Å². The zero-order valence-corrected chi connectivity index (χ0v) is 16.9. The molecule has 0 bridgehead atoms. The van der Waals surface area contributed by atoms with E-state index in [2.05, 4.69) is 25.2 Å². The maximum absolute atomic E-state index is 12.3. The van der Waals surface area contributed by atoms with Gasteiger partial charge in [-0.25, -0.2) is 4.98 Å². The first kappa shape index (κ1) is 18.2. The van der Waals surface area contributed by atoms with Gasteiger partial charge >= 0.3 is 0 Å². The van der Waals surface area contributed by atoms with E-state index in [-0.39, 0.29) is 5.91 Å². The molecule has 27 heavy (non-hydrogen) atoms. The highest BCUT2D eigenvalue weighted by atomic mass is 32.1. The minimum absolute atomic E-state index is 0.0503. The molecular weight excluding hydrogens is 356 g/mol. The van der Waals surface area contributed by atoms with Gasteiger partial charge in [-0.1, -0.05) is 12.1 Å². The zero-order valence-electron chi connectivity index (χ0n) is 16.1. The molecule has 1 amide bonds. The number of benzene rings is 1. The third-order valence-electron chi connectivity index (χ3n) is 5.47. The van der Waals surface area contributed by atoms with Gasteiger partial charge in [-0.15, -0.1) is 11.3 Å². The van der Waals surface area contributed by atoms with Crippen LogP contribution in [0.2, 0.25) is 0 Å². The van der Waals surface area contributed by atoms with Crippen molar-refractivity contribution in [1.29, 1.82) is 0 Å². The van der Waals surface area contributed by atoms with Gasteiger partial charge in [0, 0.05) is 28.8 Å². The topological polar surface area (TPSA) is 55.1 Å². The van der Waals surface area contributed by atoms with E-state index in [0.717, 1.165) is 41.4 Å². The Morgan fingerprint density at radius 1 is 1.26 bits per heavy atom. The van der Waals surface area contributed by atoms with Crippen LogP contribution in [0.25, 0.3) is 11.0 Å². The largest absolute Gasteiger partial charge is 0.464 e. The number of carbonyl (C=O) groups excluding carboxylic acids is 1. The summed E-state index contributed by atoms with van der Waals surface area (Å²) in [6.07, 6.45) is 8.87. The lowest BCUT2D eigenvalue weighted by atomic mass is 10.0. The van der Waals surface area contributed by atoms with E-state index in [0.29, 0.717) is 13.0 Å². The van der Waals surface area contributed by atoms with Crippen molar-refractivity contribution in [2.24, 2.45) is 0 Å².